The molecule has 0 spiro atoms. The fraction of sp³-hybridized carbons (Fsp3) is 0.200. The molecule has 0 bridgehead atoms. The van der Waals surface area contributed by atoms with Gasteiger partial charge in [-0.1, -0.05) is 30.3 Å². The third kappa shape index (κ3) is 3.80. The zero-order chi connectivity index (χ0) is 13.7. The number of benzene rings is 2. The second-order valence-corrected chi connectivity index (χ2v) is 5.45. The second kappa shape index (κ2) is 6.70. The molecule has 2 aromatic rings. The van der Waals surface area contributed by atoms with E-state index in [0.29, 0.717) is 5.56 Å². The highest BCUT2D eigenvalue weighted by atomic mass is 32.2. The SMILES string of the molecule is Cc1cc(C(CSc2ccccc2)NN)ccc1F. The molecule has 0 fully saturated rings. The molecular formula is C15H17FN2S. The van der Waals surface area contributed by atoms with Gasteiger partial charge in [-0.3, -0.25) is 11.3 Å². The first-order valence-electron chi connectivity index (χ1n) is 6.10. The van der Waals surface area contributed by atoms with E-state index in [9.17, 15) is 4.39 Å². The van der Waals surface area contributed by atoms with Gasteiger partial charge in [0.15, 0.2) is 0 Å². The summed E-state index contributed by atoms with van der Waals surface area (Å²) in [6.45, 7) is 1.76. The molecule has 2 rings (SSSR count). The van der Waals surface area contributed by atoms with Gasteiger partial charge in [-0.2, -0.15) is 0 Å². The number of thioether (sulfide) groups is 1. The van der Waals surface area contributed by atoms with E-state index in [1.807, 2.05) is 24.3 Å². The smallest absolute Gasteiger partial charge is 0.126 e. The summed E-state index contributed by atoms with van der Waals surface area (Å²) in [6.07, 6.45) is 0. The minimum Gasteiger partial charge on any atom is -0.271 e. The number of nitrogens with two attached hydrogens (primary N) is 1. The van der Waals surface area contributed by atoms with E-state index >= 15 is 0 Å². The van der Waals surface area contributed by atoms with Crippen LogP contribution in [-0.2, 0) is 0 Å². The number of halogens is 1. The van der Waals surface area contributed by atoms with Crippen molar-refractivity contribution in [1.29, 1.82) is 0 Å². The van der Waals surface area contributed by atoms with Crippen molar-refractivity contribution in [2.45, 2.75) is 17.9 Å². The number of hydrazine groups is 1. The zero-order valence-electron chi connectivity index (χ0n) is 10.8. The lowest BCUT2D eigenvalue weighted by Crippen LogP contribution is -2.29. The van der Waals surface area contributed by atoms with Crippen LogP contribution in [-0.4, -0.2) is 5.75 Å². The number of nitrogens with one attached hydrogen (secondary N) is 1. The van der Waals surface area contributed by atoms with Crippen LogP contribution in [0.1, 0.15) is 17.2 Å². The largest absolute Gasteiger partial charge is 0.271 e. The molecule has 3 N–H and O–H groups in total. The van der Waals surface area contributed by atoms with Gasteiger partial charge in [0.2, 0.25) is 0 Å². The summed E-state index contributed by atoms with van der Waals surface area (Å²) in [5, 5.41) is 0. The lowest BCUT2D eigenvalue weighted by atomic mass is 10.1. The highest BCUT2D eigenvalue weighted by Gasteiger charge is 2.11. The van der Waals surface area contributed by atoms with Crippen molar-refractivity contribution < 1.29 is 4.39 Å². The standard InChI is InChI=1S/C15H17FN2S/c1-11-9-12(7-8-14(11)16)15(18-17)10-19-13-5-3-2-4-6-13/h2-9,15,18H,10,17H2,1H3. The maximum Gasteiger partial charge on any atom is 0.126 e. The van der Waals surface area contributed by atoms with E-state index in [-0.39, 0.29) is 11.9 Å². The highest BCUT2D eigenvalue weighted by Crippen LogP contribution is 2.25. The molecule has 0 aliphatic heterocycles. The Morgan fingerprint density at radius 1 is 1.21 bits per heavy atom. The monoisotopic (exact) mass is 276 g/mol. The Labute approximate surface area is 117 Å². The molecule has 0 aromatic heterocycles. The molecule has 1 atom stereocenters. The summed E-state index contributed by atoms with van der Waals surface area (Å²) in [4.78, 5) is 1.20. The molecule has 0 aliphatic carbocycles. The number of hydrogen-bond donors (Lipinski definition) is 2. The van der Waals surface area contributed by atoms with Gasteiger partial charge < -0.3 is 0 Å². The Kier molecular flexibility index (Phi) is 4.96. The molecule has 0 aliphatic rings. The van der Waals surface area contributed by atoms with Gasteiger partial charge in [0, 0.05) is 10.6 Å². The zero-order valence-corrected chi connectivity index (χ0v) is 11.6. The minimum absolute atomic E-state index is 0.00417. The van der Waals surface area contributed by atoms with Crippen LogP contribution in [0.2, 0.25) is 0 Å². The fourth-order valence-corrected chi connectivity index (χ4v) is 2.82. The summed E-state index contributed by atoms with van der Waals surface area (Å²) in [5.41, 5.74) is 4.44. The summed E-state index contributed by atoms with van der Waals surface area (Å²) >= 11 is 1.72. The third-order valence-corrected chi connectivity index (χ3v) is 4.05. The first-order valence-corrected chi connectivity index (χ1v) is 7.09. The molecule has 19 heavy (non-hydrogen) atoms. The molecule has 0 saturated heterocycles. The number of aryl methyl sites for hydroxylation is 1. The number of rotatable bonds is 5. The van der Waals surface area contributed by atoms with Crippen LogP contribution < -0.4 is 11.3 Å². The van der Waals surface area contributed by atoms with E-state index in [0.717, 1.165) is 11.3 Å². The van der Waals surface area contributed by atoms with Crippen molar-refractivity contribution in [3.05, 3.63) is 65.5 Å². The maximum absolute atomic E-state index is 13.3. The van der Waals surface area contributed by atoms with Crippen LogP contribution in [0.5, 0.6) is 0 Å². The summed E-state index contributed by atoms with van der Waals surface area (Å²) in [5.74, 6) is 6.21. The molecule has 1 unspecified atom stereocenters. The minimum atomic E-state index is -0.185. The van der Waals surface area contributed by atoms with Crippen molar-refractivity contribution in [3.63, 3.8) is 0 Å². The quantitative estimate of drug-likeness (QED) is 0.499. The van der Waals surface area contributed by atoms with Crippen LogP contribution in [0, 0.1) is 12.7 Å². The van der Waals surface area contributed by atoms with Crippen molar-refractivity contribution in [2.75, 3.05) is 5.75 Å². The number of hydrogen-bond acceptors (Lipinski definition) is 3. The highest BCUT2D eigenvalue weighted by molar-refractivity contribution is 7.99. The van der Waals surface area contributed by atoms with E-state index in [4.69, 9.17) is 5.84 Å². The molecule has 2 nitrogen and oxygen atoms in total. The molecule has 100 valence electrons. The van der Waals surface area contributed by atoms with Gasteiger partial charge in [0.25, 0.3) is 0 Å². The molecule has 0 heterocycles. The lowest BCUT2D eigenvalue weighted by Gasteiger charge is -2.16. The van der Waals surface area contributed by atoms with E-state index < -0.39 is 0 Å². The topological polar surface area (TPSA) is 38.0 Å². The van der Waals surface area contributed by atoms with Gasteiger partial charge in [0.1, 0.15) is 5.82 Å². The van der Waals surface area contributed by atoms with Crippen molar-refractivity contribution in [3.8, 4) is 0 Å². The van der Waals surface area contributed by atoms with Crippen LogP contribution in [0.4, 0.5) is 4.39 Å². The van der Waals surface area contributed by atoms with Crippen molar-refractivity contribution in [1.82, 2.24) is 5.43 Å². The van der Waals surface area contributed by atoms with Gasteiger partial charge in [-0.15, -0.1) is 11.8 Å². The lowest BCUT2D eigenvalue weighted by molar-refractivity contribution is 0.596. The second-order valence-electron chi connectivity index (χ2n) is 4.35. The molecule has 0 amide bonds. The summed E-state index contributed by atoms with van der Waals surface area (Å²) < 4.78 is 13.3. The molecular weight excluding hydrogens is 259 g/mol. The third-order valence-electron chi connectivity index (χ3n) is 2.95. The van der Waals surface area contributed by atoms with Gasteiger partial charge in [-0.25, -0.2) is 4.39 Å². The Bertz CT molecular complexity index is 531. The Morgan fingerprint density at radius 2 is 1.95 bits per heavy atom. The van der Waals surface area contributed by atoms with Gasteiger partial charge >= 0.3 is 0 Å². The van der Waals surface area contributed by atoms with Gasteiger partial charge in [0.05, 0.1) is 6.04 Å². The summed E-state index contributed by atoms with van der Waals surface area (Å²) in [6, 6.07) is 15.2. The van der Waals surface area contributed by atoms with Crippen LogP contribution in [0.15, 0.2) is 53.4 Å². The Balaban J connectivity index is 2.05. The first kappa shape index (κ1) is 14.1. The van der Waals surface area contributed by atoms with Gasteiger partial charge in [-0.05, 0) is 36.2 Å². The first-order chi connectivity index (χ1) is 9.20. The Morgan fingerprint density at radius 3 is 2.58 bits per heavy atom. The van der Waals surface area contributed by atoms with E-state index in [2.05, 4.69) is 17.6 Å². The maximum atomic E-state index is 13.3. The molecule has 0 radical (unpaired) electrons. The molecule has 2 aromatic carbocycles. The summed E-state index contributed by atoms with van der Waals surface area (Å²) in [7, 11) is 0. The van der Waals surface area contributed by atoms with Crippen LogP contribution in [0.3, 0.4) is 0 Å². The molecule has 0 saturated carbocycles. The predicted octanol–water partition coefficient (Wildman–Crippen LogP) is 3.43. The van der Waals surface area contributed by atoms with Crippen LogP contribution in [0.25, 0.3) is 0 Å². The Hall–Kier alpha value is -1.36. The van der Waals surface area contributed by atoms with Crippen LogP contribution >= 0.6 is 11.8 Å². The fourth-order valence-electron chi connectivity index (χ4n) is 1.82. The average Bonchev–Trinajstić information content (AvgIpc) is 2.44. The predicted molar refractivity (Wildman–Crippen MR) is 78.4 cm³/mol. The molecule has 4 heteroatoms. The van der Waals surface area contributed by atoms with Crippen molar-refractivity contribution in [2.24, 2.45) is 5.84 Å². The average molecular weight is 276 g/mol. The normalized spacial score (nSPS) is 12.4. The van der Waals surface area contributed by atoms with E-state index in [1.54, 1.807) is 24.8 Å². The van der Waals surface area contributed by atoms with Crippen molar-refractivity contribution >= 4 is 11.8 Å². The van der Waals surface area contributed by atoms with E-state index in [1.165, 1.54) is 11.0 Å².